The van der Waals surface area contributed by atoms with Crippen LogP contribution in [0.1, 0.15) is 35.7 Å². The Kier molecular flexibility index (Phi) is 6.64. The zero-order valence-corrected chi connectivity index (χ0v) is 18.8. The number of aromatic nitrogens is 2. The van der Waals surface area contributed by atoms with E-state index in [0.717, 1.165) is 11.3 Å². The molecular weight excluding hydrogens is 414 g/mol. The van der Waals surface area contributed by atoms with Gasteiger partial charge in [0.25, 0.3) is 5.91 Å². The Bertz CT molecular complexity index is 1240. The van der Waals surface area contributed by atoms with E-state index in [0.29, 0.717) is 34.6 Å². The number of para-hydroxylation sites is 2. The van der Waals surface area contributed by atoms with Crippen LogP contribution in [0.5, 0.6) is 17.4 Å². The lowest BCUT2D eigenvalue weighted by Gasteiger charge is -2.10. The van der Waals surface area contributed by atoms with E-state index in [9.17, 15) is 4.79 Å². The van der Waals surface area contributed by atoms with E-state index in [1.54, 1.807) is 25.3 Å². The Morgan fingerprint density at radius 1 is 0.879 bits per heavy atom. The van der Waals surface area contributed by atoms with Crippen LogP contribution in [0.15, 0.2) is 85.2 Å². The minimum atomic E-state index is -0.165. The van der Waals surface area contributed by atoms with Gasteiger partial charge in [-0.3, -0.25) is 4.79 Å². The highest BCUT2D eigenvalue weighted by Gasteiger charge is 2.10. The number of ether oxygens (including phenoxy) is 2. The van der Waals surface area contributed by atoms with Crippen molar-refractivity contribution in [1.82, 2.24) is 9.97 Å². The van der Waals surface area contributed by atoms with E-state index >= 15 is 0 Å². The number of carbonyl (C=O) groups excluding carboxylic acids is 1. The topological polar surface area (TPSA) is 73.3 Å². The van der Waals surface area contributed by atoms with Crippen LogP contribution in [-0.2, 0) is 0 Å². The van der Waals surface area contributed by atoms with Crippen molar-refractivity contribution in [1.29, 1.82) is 0 Å². The van der Waals surface area contributed by atoms with Gasteiger partial charge in [0.05, 0.1) is 12.8 Å². The first-order valence-electron chi connectivity index (χ1n) is 10.7. The maximum absolute atomic E-state index is 12.6. The summed E-state index contributed by atoms with van der Waals surface area (Å²) in [7, 11) is 1.59. The fourth-order valence-corrected chi connectivity index (χ4v) is 3.32. The minimum absolute atomic E-state index is 0.165. The fraction of sp³-hybridized carbons (Fsp3) is 0.148. The second kappa shape index (κ2) is 9.96. The molecule has 0 atom stereocenters. The SMILES string of the molecule is COc1ccccc1Oc1cc(-c2ccc(C(=O)Nc3ccc(C(C)C)cc3)cc2)ncn1. The molecule has 6 nitrogen and oxygen atoms in total. The van der Waals surface area contributed by atoms with E-state index in [4.69, 9.17) is 9.47 Å². The molecule has 33 heavy (non-hydrogen) atoms. The number of amides is 1. The first-order valence-corrected chi connectivity index (χ1v) is 10.7. The lowest BCUT2D eigenvalue weighted by atomic mass is 10.0. The van der Waals surface area contributed by atoms with Crippen LogP contribution in [0.3, 0.4) is 0 Å². The summed E-state index contributed by atoms with van der Waals surface area (Å²) < 4.78 is 11.2. The number of anilines is 1. The Balaban J connectivity index is 1.46. The van der Waals surface area contributed by atoms with E-state index in [1.165, 1.54) is 11.9 Å². The second-order valence-electron chi connectivity index (χ2n) is 7.80. The smallest absolute Gasteiger partial charge is 0.255 e. The van der Waals surface area contributed by atoms with E-state index in [2.05, 4.69) is 29.1 Å². The van der Waals surface area contributed by atoms with Crippen LogP contribution >= 0.6 is 0 Å². The molecule has 0 radical (unpaired) electrons. The Labute approximate surface area is 193 Å². The first-order chi connectivity index (χ1) is 16.0. The summed E-state index contributed by atoms with van der Waals surface area (Å²) in [6.07, 6.45) is 1.45. The van der Waals surface area contributed by atoms with Gasteiger partial charge < -0.3 is 14.8 Å². The summed E-state index contributed by atoms with van der Waals surface area (Å²) in [5.41, 5.74) is 4.09. The summed E-state index contributed by atoms with van der Waals surface area (Å²) in [6.45, 7) is 4.28. The van der Waals surface area contributed by atoms with Crippen molar-refractivity contribution in [3.05, 3.63) is 96.3 Å². The fourth-order valence-electron chi connectivity index (χ4n) is 3.32. The van der Waals surface area contributed by atoms with Gasteiger partial charge in [-0.25, -0.2) is 9.97 Å². The van der Waals surface area contributed by atoms with Crippen LogP contribution in [0, 0.1) is 0 Å². The third-order valence-corrected chi connectivity index (χ3v) is 5.20. The van der Waals surface area contributed by atoms with Crippen molar-refractivity contribution in [2.45, 2.75) is 19.8 Å². The highest BCUT2D eigenvalue weighted by molar-refractivity contribution is 6.04. The Morgan fingerprint density at radius 2 is 1.58 bits per heavy atom. The maximum Gasteiger partial charge on any atom is 0.255 e. The summed E-state index contributed by atoms with van der Waals surface area (Å²) in [5, 5.41) is 2.93. The molecule has 0 saturated carbocycles. The number of benzene rings is 3. The lowest BCUT2D eigenvalue weighted by Crippen LogP contribution is -2.11. The van der Waals surface area contributed by atoms with Gasteiger partial charge in [-0.2, -0.15) is 0 Å². The summed E-state index contributed by atoms with van der Waals surface area (Å²) in [4.78, 5) is 21.2. The van der Waals surface area contributed by atoms with Crippen LogP contribution < -0.4 is 14.8 Å². The van der Waals surface area contributed by atoms with Crippen LogP contribution in [-0.4, -0.2) is 23.0 Å². The van der Waals surface area contributed by atoms with Gasteiger partial charge in [0, 0.05) is 22.9 Å². The number of carbonyl (C=O) groups is 1. The average Bonchev–Trinajstić information content (AvgIpc) is 2.85. The van der Waals surface area contributed by atoms with Crippen LogP contribution in [0.2, 0.25) is 0 Å². The van der Waals surface area contributed by atoms with E-state index < -0.39 is 0 Å². The molecule has 1 heterocycles. The normalized spacial score (nSPS) is 10.7. The summed E-state index contributed by atoms with van der Waals surface area (Å²) in [6, 6.07) is 24.3. The molecule has 0 fully saturated rings. The molecule has 166 valence electrons. The third-order valence-electron chi connectivity index (χ3n) is 5.20. The van der Waals surface area contributed by atoms with Crippen molar-refractivity contribution in [3.63, 3.8) is 0 Å². The van der Waals surface area contributed by atoms with Gasteiger partial charge in [-0.05, 0) is 47.9 Å². The zero-order valence-electron chi connectivity index (χ0n) is 18.8. The number of methoxy groups -OCH3 is 1. The molecule has 6 heteroatoms. The highest BCUT2D eigenvalue weighted by atomic mass is 16.5. The predicted molar refractivity (Wildman–Crippen MR) is 129 cm³/mol. The predicted octanol–water partition coefficient (Wildman–Crippen LogP) is 6.32. The van der Waals surface area contributed by atoms with Crippen molar-refractivity contribution in [2.75, 3.05) is 12.4 Å². The minimum Gasteiger partial charge on any atom is -0.493 e. The molecule has 0 unspecified atom stereocenters. The Morgan fingerprint density at radius 3 is 2.24 bits per heavy atom. The van der Waals surface area contributed by atoms with Crippen molar-refractivity contribution >= 4 is 11.6 Å². The summed E-state index contributed by atoms with van der Waals surface area (Å²) >= 11 is 0. The monoisotopic (exact) mass is 439 g/mol. The van der Waals surface area contributed by atoms with Gasteiger partial charge in [-0.15, -0.1) is 0 Å². The highest BCUT2D eigenvalue weighted by Crippen LogP contribution is 2.31. The molecule has 1 aromatic heterocycles. The van der Waals surface area contributed by atoms with Crippen molar-refractivity contribution < 1.29 is 14.3 Å². The quantitative estimate of drug-likeness (QED) is 0.365. The molecule has 0 aliphatic carbocycles. The second-order valence-corrected chi connectivity index (χ2v) is 7.80. The molecule has 0 saturated heterocycles. The molecule has 0 aliphatic rings. The lowest BCUT2D eigenvalue weighted by molar-refractivity contribution is 0.102. The van der Waals surface area contributed by atoms with Gasteiger partial charge in [-0.1, -0.05) is 50.2 Å². The van der Waals surface area contributed by atoms with Gasteiger partial charge in [0.2, 0.25) is 5.88 Å². The number of nitrogens with zero attached hydrogens (tertiary/aromatic N) is 2. The van der Waals surface area contributed by atoms with E-state index in [-0.39, 0.29) is 5.91 Å². The maximum atomic E-state index is 12.6. The van der Waals surface area contributed by atoms with Gasteiger partial charge >= 0.3 is 0 Å². The molecule has 4 aromatic rings. The molecular formula is C27H25N3O3. The molecule has 3 aromatic carbocycles. The Hall–Kier alpha value is -4.19. The molecule has 0 aliphatic heterocycles. The standard InChI is InChI=1S/C27H25N3O3/c1-18(2)19-12-14-22(15-13-19)30-27(31)21-10-8-20(9-11-21)23-16-26(29-17-28-23)33-25-7-5-4-6-24(25)32-3/h4-18H,1-3H3,(H,30,31). The van der Waals surface area contributed by atoms with Gasteiger partial charge in [0.15, 0.2) is 11.5 Å². The third kappa shape index (κ3) is 5.36. The first kappa shape index (κ1) is 22.0. The number of nitrogens with one attached hydrogen (secondary N) is 1. The van der Waals surface area contributed by atoms with Crippen molar-refractivity contribution in [2.24, 2.45) is 0 Å². The van der Waals surface area contributed by atoms with Crippen LogP contribution in [0.25, 0.3) is 11.3 Å². The largest absolute Gasteiger partial charge is 0.493 e. The number of hydrogen-bond acceptors (Lipinski definition) is 5. The molecule has 1 amide bonds. The van der Waals surface area contributed by atoms with Crippen molar-refractivity contribution in [3.8, 4) is 28.6 Å². The van der Waals surface area contributed by atoms with Gasteiger partial charge in [0.1, 0.15) is 6.33 Å². The summed E-state index contributed by atoms with van der Waals surface area (Å²) in [5.74, 6) is 1.87. The molecule has 0 bridgehead atoms. The van der Waals surface area contributed by atoms with E-state index in [1.807, 2.05) is 60.7 Å². The average molecular weight is 440 g/mol. The number of hydrogen-bond donors (Lipinski definition) is 1. The zero-order chi connectivity index (χ0) is 23.2. The van der Waals surface area contributed by atoms with Crippen LogP contribution in [0.4, 0.5) is 5.69 Å². The molecule has 0 spiro atoms. The molecule has 1 N–H and O–H groups in total. The number of rotatable bonds is 7. The molecule has 4 rings (SSSR count).